The lowest BCUT2D eigenvalue weighted by Gasteiger charge is -2.28. The predicted molar refractivity (Wildman–Crippen MR) is 84.5 cm³/mol. The largest absolute Gasteiger partial charge is 0.352 e. The lowest BCUT2D eigenvalue weighted by atomic mass is 9.84. The summed E-state index contributed by atoms with van der Waals surface area (Å²) < 4.78 is 0. The average molecular weight is 283 g/mol. The SMILES string of the molecule is CC(C)CC(CN(C)C)NC(=O)CC1CCC(N)CC1. The second-order valence-corrected chi connectivity index (χ2v) is 7.14. The molecule has 1 saturated carbocycles. The highest BCUT2D eigenvalue weighted by molar-refractivity contribution is 5.76. The molecule has 1 fully saturated rings. The summed E-state index contributed by atoms with van der Waals surface area (Å²) in [7, 11) is 4.12. The van der Waals surface area contributed by atoms with Crippen molar-refractivity contribution in [1.82, 2.24) is 10.2 Å². The van der Waals surface area contributed by atoms with Gasteiger partial charge < -0.3 is 16.0 Å². The van der Waals surface area contributed by atoms with Crippen molar-refractivity contribution in [3.05, 3.63) is 0 Å². The van der Waals surface area contributed by atoms with Crippen LogP contribution in [0, 0.1) is 11.8 Å². The molecule has 1 atom stereocenters. The summed E-state index contributed by atoms with van der Waals surface area (Å²) in [4.78, 5) is 14.4. The number of carbonyl (C=O) groups excluding carboxylic acids is 1. The van der Waals surface area contributed by atoms with Crippen LogP contribution < -0.4 is 11.1 Å². The summed E-state index contributed by atoms with van der Waals surface area (Å²) in [6.07, 6.45) is 6.08. The van der Waals surface area contributed by atoms with Crippen molar-refractivity contribution in [1.29, 1.82) is 0 Å². The maximum absolute atomic E-state index is 12.2. The molecule has 0 heterocycles. The number of rotatable bonds is 7. The molecule has 0 spiro atoms. The number of nitrogens with one attached hydrogen (secondary N) is 1. The number of hydrogen-bond donors (Lipinski definition) is 2. The van der Waals surface area contributed by atoms with Crippen molar-refractivity contribution in [3.8, 4) is 0 Å². The molecule has 0 radical (unpaired) electrons. The van der Waals surface area contributed by atoms with E-state index in [1.807, 2.05) is 0 Å². The Hall–Kier alpha value is -0.610. The first-order valence-electron chi connectivity index (χ1n) is 8.06. The van der Waals surface area contributed by atoms with Crippen LogP contribution in [0.4, 0.5) is 0 Å². The van der Waals surface area contributed by atoms with E-state index in [1.54, 1.807) is 0 Å². The van der Waals surface area contributed by atoms with E-state index in [0.717, 1.165) is 38.6 Å². The fourth-order valence-corrected chi connectivity index (χ4v) is 3.13. The minimum atomic E-state index is 0.220. The summed E-state index contributed by atoms with van der Waals surface area (Å²) in [6, 6.07) is 0.625. The van der Waals surface area contributed by atoms with E-state index in [4.69, 9.17) is 5.73 Å². The molecule has 4 nitrogen and oxygen atoms in total. The Bertz CT molecular complexity index is 273. The van der Waals surface area contributed by atoms with Gasteiger partial charge in [-0.25, -0.2) is 0 Å². The van der Waals surface area contributed by atoms with Crippen LogP contribution in [0.3, 0.4) is 0 Å². The van der Waals surface area contributed by atoms with E-state index in [-0.39, 0.29) is 11.9 Å². The third kappa shape index (κ3) is 7.25. The van der Waals surface area contributed by atoms with Crippen LogP contribution in [0.15, 0.2) is 0 Å². The fraction of sp³-hybridized carbons (Fsp3) is 0.938. The van der Waals surface area contributed by atoms with Crippen LogP contribution in [0.1, 0.15) is 52.4 Å². The molecule has 0 aromatic carbocycles. The van der Waals surface area contributed by atoms with Crippen molar-refractivity contribution in [2.45, 2.75) is 64.5 Å². The molecular weight excluding hydrogens is 250 g/mol. The van der Waals surface area contributed by atoms with Crippen molar-refractivity contribution >= 4 is 5.91 Å². The molecule has 1 aliphatic carbocycles. The first-order valence-corrected chi connectivity index (χ1v) is 8.06. The summed E-state index contributed by atoms with van der Waals surface area (Å²) in [6.45, 7) is 5.33. The summed E-state index contributed by atoms with van der Waals surface area (Å²) in [5.41, 5.74) is 5.91. The molecule has 0 bridgehead atoms. The monoisotopic (exact) mass is 283 g/mol. The summed E-state index contributed by atoms with van der Waals surface area (Å²) >= 11 is 0. The van der Waals surface area contributed by atoms with E-state index < -0.39 is 0 Å². The van der Waals surface area contributed by atoms with Crippen LogP contribution in [0.25, 0.3) is 0 Å². The van der Waals surface area contributed by atoms with Gasteiger partial charge in [-0.3, -0.25) is 4.79 Å². The zero-order valence-electron chi connectivity index (χ0n) is 13.7. The highest BCUT2D eigenvalue weighted by Gasteiger charge is 2.22. The van der Waals surface area contributed by atoms with Crippen molar-refractivity contribution < 1.29 is 4.79 Å². The quantitative estimate of drug-likeness (QED) is 0.751. The topological polar surface area (TPSA) is 58.4 Å². The van der Waals surface area contributed by atoms with Crippen molar-refractivity contribution in [2.24, 2.45) is 17.6 Å². The van der Waals surface area contributed by atoms with Gasteiger partial charge in [0.2, 0.25) is 5.91 Å². The van der Waals surface area contributed by atoms with E-state index >= 15 is 0 Å². The standard InChI is InChI=1S/C16H33N3O/c1-12(2)9-15(11-19(3)4)18-16(20)10-13-5-7-14(17)8-6-13/h12-15H,5-11,17H2,1-4H3,(H,18,20). The van der Waals surface area contributed by atoms with Crippen LogP contribution >= 0.6 is 0 Å². The van der Waals surface area contributed by atoms with Gasteiger partial charge in [0.25, 0.3) is 0 Å². The highest BCUT2D eigenvalue weighted by Crippen LogP contribution is 2.25. The molecule has 0 saturated heterocycles. The molecule has 0 aromatic heterocycles. The van der Waals surface area contributed by atoms with Gasteiger partial charge in [-0.2, -0.15) is 0 Å². The molecule has 3 N–H and O–H groups in total. The molecule has 1 rings (SSSR count). The molecule has 4 heteroatoms. The Morgan fingerprint density at radius 1 is 1.25 bits per heavy atom. The summed E-state index contributed by atoms with van der Waals surface area (Å²) in [5.74, 6) is 1.36. The molecule has 0 aromatic rings. The van der Waals surface area contributed by atoms with Gasteiger partial charge in [0.1, 0.15) is 0 Å². The third-order valence-corrected chi connectivity index (χ3v) is 4.07. The Balaban J connectivity index is 2.36. The Morgan fingerprint density at radius 2 is 1.85 bits per heavy atom. The van der Waals surface area contributed by atoms with E-state index in [9.17, 15) is 4.79 Å². The predicted octanol–water partition coefficient (Wildman–Crippen LogP) is 1.99. The third-order valence-electron chi connectivity index (χ3n) is 4.07. The zero-order chi connectivity index (χ0) is 15.1. The lowest BCUT2D eigenvalue weighted by molar-refractivity contribution is -0.123. The molecular formula is C16H33N3O. The first-order chi connectivity index (χ1) is 9.36. The highest BCUT2D eigenvalue weighted by atomic mass is 16.1. The zero-order valence-corrected chi connectivity index (χ0v) is 13.7. The molecule has 20 heavy (non-hydrogen) atoms. The maximum Gasteiger partial charge on any atom is 0.220 e. The molecule has 1 amide bonds. The van der Waals surface area contributed by atoms with Crippen LogP contribution in [-0.4, -0.2) is 43.5 Å². The number of hydrogen-bond acceptors (Lipinski definition) is 3. The van der Waals surface area contributed by atoms with Gasteiger partial charge in [-0.05, 0) is 58.0 Å². The minimum Gasteiger partial charge on any atom is -0.352 e. The molecule has 1 unspecified atom stereocenters. The fourth-order valence-electron chi connectivity index (χ4n) is 3.13. The van der Waals surface area contributed by atoms with Crippen LogP contribution in [0.5, 0.6) is 0 Å². The number of carbonyl (C=O) groups is 1. The van der Waals surface area contributed by atoms with Crippen molar-refractivity contribution in [2.75, 3.05) is 20.6 Å². The van der Waals surface area contributed by atoms with Crippen LogP contribution in [0.2, 0.25) is 0 Å². The maximum atomic E-state index is 12.2. The van der Waals surface area contributed by atoms with E-state index in [2.05, 4.69) is 38.2 Å². The van der Waals surface area contributed by atoms with Gasteiger partial charge in [0.15, 0.2) is 0 Å². The van der Waals surface area contributed by atoms with Crippen LogP contribution in [-0.2, 0) is 4.79 Å². The minimum absolute atomic E-state index is 0.220. The normalized spacial score (nSPS) is 24.9. The van der Waals surface area contributed by atoms with Gasteiger partial charge in [-0.15, -0.1) is 0 Å². The number of nitrogens with zero attached hydrogens (tertiary/aromatic N) is 1. The van der Waals surface area contributed by atoms with E-state index in [1.165, 1.54) is 0 Å². The van der Waals surface area contributed by atoms with Crippen molar-refractivity contribution in [3.63, 3.8) is 0 Å². The van der Waals surface area contributed by atoms with Gasteiger partial charge >= 0.3 is 0 Å². The summed E-state index contributed by atoms with van der Waals surface area (Å²) in [5, 5.41) is 3.23. The Morgan fingerprint density at radius 3 is 2.35 bits per heavy atom. The average Bonchev–Trinajstić information content (AvgIpc) is 2.30. The molecule has 118 valence electrons. The second kappa shape index (κ2) is 8.63. The number of amides is 1. The Kier molecular flexibility index (Phi) is 7.52. The smallest absolute Gasteiger partial charge is 0.220 e. The van der Waals surface area contributed by atoms with Gasteiger partial charge in [-0.1, -0.05) is 13.8 Å². The molecule has 0 aliphatic heterocycles. The van der Waals surface area contributed by atoms with Gasteiger partial charge in [0, 0.05) is 25.0 Å². The number of likely N-dealkylation sites (N-methyl/N-ethyl adjacent to an activating group) is 1. The lowest BCUT2D eigenvalue weighted by Crippen LogP contribution is -2.43. The Labute approximate surface area is 124 Å². The van der Waals surface area contributed by atoms with E-state index in [0.29, 0.717) is 24.3 Å². The molecule has 1 aliphatic rings. The number of nitrogens with two attached hydrogens (primary N) is 1. The first kappa shape index (κ1) is 17.4. The second-order valence-electron chi connectivity index (χ2n) is 7.14. The van der Waals surface area contributed by atoms with Gasteiger partial charge in [0.05, 0.1) is 0 Å².